The van der Waals surface area contributed by atoms with Crippen molar-refractivity contribution in [2.45, 2.75) is 33.1 Å². The molecule has 0 atom stereocenters. The Balaban J connectivity index is 2.25. The molecule has 0 aliphatic carbocycles. The predicted octanol–water partition coefficient (Wildman–Crippen LogP) is 2.62. The number of hydrogen-bond donors (Lipinski definition) is 0. The van der Waals surface area contributed by atoms with E-state index >= 15 is 0 Å². The number of hydrogen-bond acceptors (Lipinski definition) is 4. The van der Waals surface area contributed by atoms with Gasteiger partial charge in [-0.2, -0.15) is 0 Å². The van der Waals surface area contributed by atoms with Crippen LogP contribution in [0.3, 0.4) is 0 Å². The first-order chi connectivity index (χ1) is 8.11. The second-order valence-electron chi connectivity index (χ2n) is 4.18. The fourth-order valence-corrected chi connectivity index (χ4v) is 2.49. The molecule has 0 N–H and O–H groups in total. The van der Waals surface area contributed by atoms with E-state index in [-0.39, 0.29) is 5.97 Å². The van der Waals surface area contributed by atoms with Crippen LogP contribution in [0, 0.1) is 0 Å². The lowest BCUT2D eigenvalue weighted by atomic mass is 10.2. The van der Waals surface area contributed by atoms with Crippen molar-refractivity contribution in [1.82, 2.24) is 9.38 Å². The van der Waals surface area contributed by atoms with Crippen molar-refractivity contribution in [3.05, 3.63) is 23.0 Å². The molecule has 5 heteroatoms. The fourth-order valence-electron chi connectivity index (χ4n) is 1.61. The summed E-state index contributed by atoms with van der Waals surface area (Å²) < 4.78 is 6.93. The van der Waals surface area contributed by atoms with Crippen molar-refractivity contribution in [2.75, 3.05) is 6.61 Å². The van der Waals surface area contributed by atoms with Crippen LogP contribution in [0.4, 0.5) is 0 Å². The largest absolute Gasteiger partial charge is 0.466 e. The van der Waals surface area contributed by atoms with Gasteiger partial charge in [0.1, 0.15) is 0 Å². The Morgan fingerprint density at radius 3 is 3.00 bits per heavy atom. The van der Waals surface area contributed by atoms with Gasteiger partial charge < -0.3 is 4.74 Å². The number of esters is 1. The smallest absolute Gasteiger partial charge is 0.311 e. The van der Waals surface area contributed by atoms with Crippen LogP contribution in [-0.2, 0) is 16.0 Å². The zero-order valence-corrected chi connectivity index (χ0v) is 11.1. The summed E-state index contributed by atoms with van der Waals surface area (Å²) in [6, 6.07) is 0. The van der Waals surface area contributed by atoms with Crippen molar-refractivity contribution in [2.24, 2.45) is 0 Å². The Morgan fingerprint density at radius 2 is 2.35 bits per heavy atom. The number of fused-ring (bicyclic) bond motifs is 1. The number of ether oxygens (including phenoxy) is 1. The van der Waals surface area contributed by atoms with E-state index in [0.717, 1.165) is 16.3 Å². The van der Waals surface area contributed by atoms with Gasteiger partial charge in [0.05, 0.1) is 18.7 Å². The third kappa shape index (κ3) is 2.49. The molecule has 17 heavy (non-hydrogen) atoms. The minimum Gasteiger partial charge on any atom is -0.466 e. The summed E-state index contributed by atoms with van der Waals surface area (Å²) in [7, 11) is 0. The first-order valence-electron chi connectivity index (χ1n) is 5.72. The van der Waals surface area contributed by atoms with Crippen LogP contribution in [0.5, 0.6) is 0 Å². The van der Waals surface area contributed by atoms with Crippen LogP contribution >= 0.6 is 11.3 Å². The lowest BCUT2D eigenvalue weighted by Crippen LogP contribution is -2.08. The number of rotatable bonds is 4. The van der Waals surface area contributed by atoms with Gasteiger partial charge in [0.25, 0.3) is 0 Å². The number of carbonyl (C=O) groups excluding carboxylic acids is 1. The molecular formula is C12H16N2O2S. The summed E-state index contributed by atoms with van der Waals surface area (Å²) in [5.41, 5.74) is 2.00. The molecule has 0 aliphatic rings. The molecule has 0 saturated carbocycles. The Labute approximate surface area is 104 Å². The average Bonchev–Trinajstić information content (AvgIpc) is 2.80. The van der Waals surface area contributed by atoms with Gasteiger partial charge >= 0.3 is 5.97 Å². The number of nitrogens with zero attached hydrogens (tertiary/aromatic N) is 2. The molecule has 0 amide bonds. The summed E-state index contributed by atoms with van der Waals surface area (Å²) in [6.45, 7) is 6.46. The number of thiazole rings is 1. The molecule has 0 aromatic carbocycles. The van der Waals surface area contributed by atoms with E-state index in [0.29, 0.717) is 18.9 Å². The van der Waals surface area contributed by atoms with E-state index in [4.69, 9.17) is 4.74 Å². The highest BCUT2D eigenvalue weighted by molar-refractivity contribution is 7.15. The van der Waals surface area contributed by atoms with Crippen molar-refractivity contribution in [3.63, 3.8) is 0 Å². The molecule has 0 bridgehead atoms. The molecule has 2 rings (SSSR count). The maximum Gasteiger partial charge on any atom is 0.311 e. The fraction of sp³-hybridized carbons (Fsp3) is 0.500. The van der Waals surface area contributed by atoms with Gasteiger partial charge in [-0.3, -0.25) is 9.20 Å². The van der Waals surface area contributed by atoms with Crippen LogP contribution in [-0.4, -0.2) is 22.0 Å². The van der Waals surface area contributed by atoms with E-state index < -0.39 is 0 Å². The summed E-state index contributed by atoms with van der Waals surface area (Å²) in [6.07, 6.45) is 2.31. The molecule has 0 fully saturated rings. The lowest BCUT2D eigenvalue weighted by molar-refractivity contribution is -0.142. The van der Waals surface area contributed by atoms with E-state index in [2.05, 4.69) is 18.8 Å². The first-order valence-corrected chi connectivity index (χ1v) is 6.60. The third-order valence-electron chi connectivity index (χ3n) is 2.52. The van der Waals surface area contributed by atoms with Crippen LogP contribution in [0.15, 0.2) is 11.6 Å². The zero-order valence-electron chi connectivity index (χ0n) is 10.3. The average molecular weight is 252 g/mol. The molecular weight excluding hydrogens is 236 g/mol. The molecule has 0 spiro atoms. The first kappa shape index (κ1) is 12.1. The molecule has 0 saturated heterocycles. The van der Waals surface area contributed by atoms with Gasteiger partial charge in [0.2, 0.25) is 0 Å². The van der Waals surface area contributed by atoms with Gasteiger partial charge in [-0.05, 0) is 12.8 Å². The molecule has 2 aromatic rings. The monoisotopic (exact) mass is 252 g/mol. The van der Waals surface area contributed by atoms with E-state index in [1.165, 1.54) is 0 Å². The summed E-state index contributed by atoms with van der Waals surface area (Å²) >= 11 is 1.56. The van der Waals surface area contributed by atoms with E-state index in [9.17, 15) is 4.79 Å². The van der Waals surface area contributed by atoms with Gasteiger partial charge in [0, 0.05) is 17.3 Å². The van der Waals surface area contributed by atoms with E-state index in [1.807, 2.05) is 22.9 Å². The molecule has 2 aromatic heterocycles. The highest BCUT2D eigenvalue weighted by Crippen LogP contribution is 2.21. The second kappa shape index (κ2) is 4.87. The van der Waals surface area contributed by atoms with Gasteiger partial charge in [-0.1, -0.05) is 13.8 Å². The number of aromatic nitrogens is 2. The second-order valence-corrected chi connectivity index (χ2v) is 5.02. The van der Waals surface area contributed by atoms with Crippen LogP contribution in [0.1, 0.15) is 38.1 Å². The maximum absolute atomic E-state index is 11.4. The highest BCUT2D eigenvalue weighted by atomic mass is 32.1. The summed E-state index contributed by atoms with van der Waals surface area (Å²) in [5, 5.41) is 1.96. The SMILES string of the molecule is CCOC(=O)Cc1csc2nc(C(C)C)cn12. The normalized spacial score (nSPS) is 11.3. The summed E-state index contributed by atoms with van der Waals surface area (Å²) in [5.74, 6) is 0.213. The van der Waals surface area contributed by atoms with Gasteiger partial charge in [-0.15, -0.1) is 11.3 Å². The Bertz CT molecular complexity index is 528. The van der Waals surface area contributed by atoms with Gasteiger partial charge in [-0.25, -0.2) is 4.98 Å². The van der Waals surface area contributed by atoms with Crippen molar-refractivity contribution >= 4 is 22.3 Å². The Morgan fingerprint density at radius 1 is 1.59 bits per heavy atom. The lowest BCUT2D eigenvalue weighted by Gasteiger charge is -2.00. The van der Waals surface area contributed by atoms with Crippen molar-refractivity contribution in [3.8, 4) is 0 Å². The zero-order chi connectivity index (χ0) is 12.4. The number of imidazole rings is 1. The Hall–Kier alpha value is -1.36. The standard InChI is InChI=1S/C12H16N2O2S/c1-4-16-11(15)5-9-7-17-12-13-10(8(2)3)6-14(9)12/h6-8H,4-5H2,1-3H3. The maximum atomic E-state index is 11.4. The van der Waals surface area contributed by atoms with E-state index in [1.54, 1.807) is 11.3 Å². The highest BCUT2D eigenvalue weighted by Gasteiger charge is 2.13. The molecule has 0 aliphatic heterocycles. The summed E-state index contributed by atoms with van der Waals surface area (Å²) in [4.78, 5) is 16.9. The van der Waals surface area contributed by atoms with Crippen molar-refractivity contribution in [1.29, 1.82) is 0 Å². The van der Waals surface area contributed by atoms with Crippen molar-refractivity contribution < 1.29 is 9.53 Å². The minimum absolute atomic E-state index is 0.188. The third-order valence-corrected chi connectivity index (χ3v) is 3.41. The molecule has 92 valence electrons. The predicted molar refractivity (Wildman–Crippen MR) is 67.5 cm³/mol. The van der Waals surface area contributed by atoms with Crippen LogP contribution < -0.4 is 0 Å². The van der Waals surface area contributed by atoms with Gasteiger partial charge in [0.15, 0.2) is 4.96 Å². The molecule has 0 radical (unpaired) electrons. The topological polar surface area (TPSA) is 43.6 Å². The quantitative estimate of drug-likeness (QED) is 0.786. The molecule has 0 unspecified atom stereocenters. The molecule has 2 heterocycles. The Kier molecular flexibility index (Phi) is 3.47. The molecule has 4 nitrogen and oxygen atoms in total. The number of carbonyl (C=O) groups is 1. The van der Waals surface area contributed by atoms with Crippen LogP contribution in [0.2, 0.25) is 0 Å². The minimum atomic E-state index is -0.188. The van der Waals surface area contributed by atoms with Crippen LogP contribution in [0.25, 0.3) is 4.96 Å².